The molecule has 0 radical (unpaired) electrons. The lowest BCUT2D eigenvalue weighted by atomic mass is 10.0. The van der Waals surface area contributed by atoms with E-state index in [2.05, 4.69) is 17.2 Å². The first-order valence-electron chi connectivity index (χ1n) is 11.0. The van der Waals surface area contributed by atoms with Crippen molar-refractivity contribution in [2.45, 2.75) is 38.5 Å². The maximum Gasteiger partial charge on any atom is 0.408 e. The summed E-state index contributed by atoms with van der Waals surface area (Å²) in [6.45, 7) is 8.12. The minimum Gasteiger partial charge on any atom is -0.497 e. The smallest absolute Gasteiger partial charge is 0.408 e. The summed E-state index contributed by atoms with van der Waals surface area (Å²) in [6.07, 6.45) is 0.774. The molecule has 0 spiro atoms. The Morgan fingerprint density at radius 3 is 2.34 bits per heavy atom. The normalized spacial score (nSPS) is 12.6. The summed E-state index contributed by atoms with van der Waals surface area (Å²) in [4.78, 5) is 40.0. The summed E-state index contributed by atoms with van der Waals surface area (Å²) in [5.41, 5.74) is 1.01. The number of anilines is 1. The van der Waals surface area contributed by atoms with E-state index in [0.29, 0.717) is 17.0 Å². The quantitative estimate of drug-likeness (QED) is 0.504. The van der Waals surface area contributed by atoms with E-state index in [-0.39, 0.29) is 0 Å². The number of benzene rings is 2. The van der Waals surface area contributed by atoms with Crippen LogP contribution in [0.3, 0.4) is 0 Å². The molecule has 0 saturated heterocycles. The number of hydrogen-bond donors (Lipinski definition) is 3. The molecule has 2 aromatic rings. The Bertz CT molecular complexity index is 1050. The van der Waals surface area contributed by atoms with Crippen LogP contribution in [0.4, 0.5) is 10.5 Å². The standard InChI is InChI=1S/C26H33N3O6/c1-7-17-9-8-10-18(15-17)22(23(31)27-19-11-13-20(34-6)14-12-19)29(5)24(32)21(16-30)28-25(33)35-26(2,3)4/h7-15,21-22,30H,1,16H2,2-6H3,(H,27,31)(H,28,33). The highest BCUT2D eigenvalue weighted by molar-refractivity contribution is 5.99. The topological polar surface area (TPSA) is 117 Å². The number of rotatable bonds is 9. The molecule has 0 bridgehead atoms. The van der Waals surface area contributed by atoms with Gasteiger partial charge in [-0.2, -0.15) is 0 Å². The molecular formula is C26H33N3O6. The number of aliphatic hydroxyl groups excluding tert-OH is 1. The molecule has 2 atom stereocenters. The third-order valence-corrected chi connectivity index (χ3v) is 4.97. The molecular weight excluding hydrogens is 450 g/mol. The van der Waals surface area contributed by atoms with Gasteiger partial charge in [0.05, 0.1) is 13.7 Å². The van der Waals surface area contributed by atoms with Crippen molar-refractivity contribution < 1.29 is 29.0 Å². The third-order valence-electron chi connectivity index (χ3n) is 4.97. The molecule has 2 rings (SSSR count). The first-order valence-corrected chi connectivity index (χ1v) is 11.0. The second-order valence-corrected chi connectivity index (χ2v) is 8.83. The average molecular weight is 484 g/mol. The van der Waals surface area contributed by atoms with E-state index >= 15 is 0 Å². The van der Waals surface area contributed by atoms with E-state index in [1.54, 1.807) is 76.4 Å². The highest BCUT2D eigenvalue weighted by atomic mass is 16.6. The van der Waals surface area contributed by atoms with Gasteiger partial charge in [0.2, 0.25) is 5.91 Å². The van der Waals surface area contributed by atoms with Gasteiger partial charge in [-0.25, -0.2) is 4.79 Å². The maximum absolute atomic E-state index is 13.4. The zero-order chi connectivity index (χ0) is 26.2. The Kier molecular flexibility index (Phi) is 9.42. The molecule has 0 aliphatic rings. The summed E-state index contributed by atoms with van der Waals surface area (Å²) < 4.78 is 10.3. The number of ether oxygens (including phenoxy) is 2. The minimum atomic E-state index is -1.31. The zero-order valence-electron chi connectivity index (χ0n) is 20.7. The van der Waals surface area contributed by atoms with Crippen LogP contribution in [0.1, 0.15) is 37.9 Å². The van der Waals surface area contributed by atoms with Gasteiger partial charge >= 0.3 is 6.09 Å². The predicted octanol–water partition coefficient (Wildman–Crippen LogP) is 3.36. The third kappa shape index (κ3) is 7.86. The van der Waals surface area contributed by atoms with Gasteiger partial charge in [0.1, 0.15) is 23.4 Å². The van der Waals surface area contributed by atoms with Crippen molar-refractivity contribution in [3.05, 3.63) is 66.2 Å². The van der Waals surface area contributed by atoms with Crippen molar-refractivity contribution in [1.29, 1.82) is 0 Å². The molecule has 0 fully saturated rings. The number of carbonyl (C=O) groups excluding carboxylic acids is 3. The molecule has 2 aromatic carbocycles. The van der Waals surface area contributed by atoms with E-state index < -0.39 is 42.2 Å². The second kappa shape index (κ2) is 12.0. The number of nitrogens with one attached hydrogen (secondary N) is 2. The molecule has 35 heavy (non-hydrogen) atoms. The first kappa shape index (κ1) is 27.4. The molecule has 188 valence electrons. The highest BCUT2D eigenvalue weighted by Gasteiger charge is 2.34. The lowest BCUT2D eigenvalue weighted by Crippen LogP contribution is -2.52. The van der Waals surface area contributed by atoms with Crippen LogP contribution in [0.15, 0.2) is 55.1 Å². The maximum atomic E-state index is 13.4. The van der Waals surface area contributed by atoms with E-state index in [9.17, 15) is 19.5 Å². The van der Waals surface area contributed by atoms with Crippen LogP contribution in [0, 0.1) is 0 Å². The molecule has 0 heterocycles. The van der Waals surface area contributed by atoms with Gasteiger partial charge in [0.25, 0.3) is 5.91 Å². The van der Waals surface area contributed by atoms with Crippen LogP contribution in [-0.2, 0) is 14.3 Å². The predicted molar refractivity (Wildman–Crippen MR) is 134 cm³/mol. The number of aliphatic hydroxyl groups is 1. The Morgan fingerprint density at radius 2 is 1.80 bits per heavy atom. The molecule has 0 saturated carbocycles. The molecule has 3 N–H and O–H groups in total. The van der Waals surface area contributed by atoms with E-state index in [4.69, 9.17) is 9.47 Å². The molecule has 0 aromatic heterocycles. The van der Waals surface area contributed by atoms with Crippen LogP contribution in [0.2, 0.25) is 0 Å². The fraction of sp³-hybridized carbons (Fsp3) is 0.346. The summed E-state index contributed by atoms with van der Waals surface area (Å²) in [5, 5.41) is 15.0. The Labute approximate surface area is 205 Å². The number of hydrogen-bond acceptors (Lipinski definition) is 6. The number of carbonyl (C=O) groups is 3. The Morgan fingerprint density at radius 1 is 1.14 bits per heavy atom. The zero-order valence-corrected chi connectivity index (χ0v) is 20.7. The molecule has 0 aliphatic carbocycles. The van der Waals surface area contributed by atoms with Crippen molar-refractivity contribution in [2.75, 3.05) is 26.1 Å². The van der Waals surface area contributed by atoms with Crippen molar-refractivity contribution in [1.82, 2.24) is 10.2 Å². The van der Waals surface area contributed by atoms with Crippen LogP contribution in [0.5, 0.6) is 5.75 Å². The van der Waals surface area contributed by atoms with Crippen molar-refractivity contribution >= 4 is 29.7 Å². The van der Waals surface area contributed by atoms with Gasteiger partial charge in [0.15, 0.2) is 0 Å². The molecule has 9 heteroatoms. The van der Waals surface area contributed by atoms with Crippen LogP contribution < -0.4 is 15.4 Å². The second-order valence-electron chi connectivity index (χ2n) is 8.83. The van der Waals surface area contributed by atoms with Crippen LogP contribution in [0.25, 0.3) is 6.08 Å². The number of nitrogens with zero attached hydrogens (tertiary/aromatic N) is 1. The lowest BCUT2D eigenvalue weighted by Gasteiger charge is -2.31. The molecule has 2 unspecified atom stereocenters. The lowest BCUT2D eigenvalue weighted by molar-refractivity contribution is -0.139. The SMILES string of the molecule is C=Cc1cccc(C(C(=O)Nc2ccc(OC)cc2)N(C)C(=O)C(CO)NC(=O)OC(C)(C)C)c1. The van der Waals surface area contributed by atoms with Crippen LogP contribution in [-0.4, -0.2) is 60.3 Å². The number of amides is 3. The van der Waals surface area contributed by atoms with Gasteiger partial charge in [-0.3, -0.25) is 9.59 Å². The van der Waals surface area contributed by atoms with E-state index in [1.807, 2.05) is 6.07 Å². The van der Waals surface area contributed by atoms with Crippen molar-refractivity contribution in [3.8, 4) is 5.75 Å². The van der Waals surface area contributed by atoms with E-state index in [0.717, 1.165) is 5.56 Å². The van der Waals surface area contributed by atoms with Gasteiger partial charge in [0, 0.05) is 12.7 Å². The van der Waals surface area contributed by atoms with Gasteiger partial charge in [-0.1, -0.05) is 30.9 Å². The van der Waals surface area contributed by atoms with Gasteiger partial charge in [-0.05, 0) is 62.2 Å². The Hall–Kier alpha value is -3.85. The summed E-state index contributed by atoms with van der Waals surface area (Å²) in [7, 11) is 2.97. The fourth-order valence-corrected chi connectivity index (χ4v) is 3.30. The minimum absolute atomic E-state index is 0.485. The van der Waals surface area contributed by atoms with Crippen LogP contribution >= 0.6 is 0 Å². The summed E-state index contributed by atoms with van der Waals surface area (Å²) in [6, 6.07) is 11.4. The number of likely N-dealkylation sites (N-methyl/N-ethyl adjacent to an activating group) is 1. The number of alkyl carbamates (subject to hydrolysis) is 1. The summed E-state index contributed by atoms with van der Waals surface area (Å²) >= 11 is 0. The molecule has 3 amide bonds. The fourth-order valence-electron chi connectivity index (χ4n) is 3.30. The van der Waals surface area contributed by atoms with E-state index in [1.165, 1.54) is 11.9 Å². The summed E-state index contributed by atoms with van der Waals surface area (Å²) in [5.74, 6) is -0.525. The van der Waals surface area contributed by atoms with Crippen molar-refractivity contribution in [3.63, 3.8) is 0 Å². The Balaban J connectivity index is 2.34. The molecule has 0 aliphatic heterocycles. The average Bonchev–Trinajstić information content (AvgIpc) is 2.81. The van der Waals surface area contributed by atoms with Gasteiger partial charge in [-0.15, -0.1) is 0 Å². The largest absolute Gasteiger partial charge is 0.497 e. The van der Waals surface area contributed by atoms with Crippen molar-refractivity contribution in [2.24, 2.45) is 0 Å². The number of methoxy groups -OCH3 is 1. The van der Waals surface area contributed by atoms with Gasteiger partial charge < -0.3 is 30.1 Å². The first-order chi connectivity index (χ1) is 16.5. The monoisotopic (exact) mass is 483 g/mol. The molecule has 9 nitrogen and oxygen atoms in total. The highest BCUT2D eigenvalue weighted by Crippen LogP contribution is 2.25.